The quantitative estimate of drug-likeness (QED) is 0.741. The third-order valence-electron chi connectivity index (χ3n) is 2.87. The first-order valence-corrected chi connectivity index (χ1v) is 6.90. The number of phenolic OH excluding ortho intramolecular Hbond substituents is 2. The van der Waals surface area contributed by atoms with Crippen molar-refractivity contribution >= 4 is 15.9 Å². The molecule has 0 saturated carbocycles. The van der Waals surface area contributed by atoms with E-state index in [0.717, 1.165) is 25.1 Å². The van der Waals surface area contributed by atoms with E-state index in [1.54, 1.807) is 18.2 Å². The second kappa shape index (κ2) is 6.59. The van der Waals surface area contributed by atoms with Crippen LogP contribution in [-0.2, 0) is 13.0 Å². The fourth-order valence-corrected chi connectivity index (χ4v) is 2.21. The maximum absolute atomic E-state index is 9.40. The smallest absolute Gasteiger partial charge is 0.129 e. The molecule has 0 amide bonds. The number of benzene rings is 2. The van der Waals surface area contributed by atoms with Gasteiger partial charge in [-0.3, -0.25) is 0 Å². The predicted molar refractivity (Wildman–Crippen MR) is 79.3 cm³/mol. The van der Waals surface area contributed by atoms with Crippen molar-refractivity contribution in [2.45, 2.75) is 13.0 Å². The van der Waals surface area contributed by atoms with Gasteiger partial charge in [0.2, 0.25) is 0 Å². The van der Waals surface area contributed by atoms with Crippen LogP contribution in [0.4, 0.5) is 0 Å². The van der Waals surface area contributed by atoms with Gasteiger partial charge in [0, 0.05) is 6.54 Å². The summed E-state index contributed by atoms with van der Waals surface area (Å²) in [4.78, 5) is 0. The van der Waals surface area contributed by atoms with Crippen LogP contribution in [0, 0.1) is 0 Å². The lowest BCUT2D eigenvalue weighted by molar-refractivity contribution is 0.471. The third kappa shape index (κ3) is 4.26. The van der Waals surface area contributed by atoms with Crippen LogP contribution in [0.3, 0.4) is 0 Å². The minimum absolute atomic E-state index is 0.257. The molecule has 0 aliphatic heterocycles. The van der Waals surface area contributed by atoms with Crippen LogP contribution >= 0.6 is 15.9 Å². The second-order valence-corrected chi connectivity index (χ2v) is 5.23. The van der Waals surface area contributed by atoms with Gasteiger partial charge in [-0.15, -0.1) is 0 Å². The Morgan fingerprint density at radius 3 is 2.32 bits per heavy atom. The summed E-state index contributed by atoms with van der Waals surface area (Å²) < 4.78 is 0.713. The number of nitrogens with one attached hydrogen (secondary N) is 1. The molecule has 0 atom stereocenters. The van der Waals surface area contributed by atoms with E-state index < -0.39 is 0 Å². The molecule has 0 saturated heterocycles. The minimum atomic E-state index is 0.257. The SMILES string of the molecule is Oc1ccc(CCNCc2ccc(O)c(Br)c2)cc1. The van der Waals surface area contributed by atoms with Crippen molar-refractivity contribution in [3.8, 4) is 11.5 Å². The zero-order valence-corrected chi connectivity index (χ0v) is 12.0. The summed E-state index contributed by atoms with van der Waals surface area (Å²) in [5.41, 5.74) is 2.31. The van der Waals surface area contributed by atoms with E-state index >= 15 is 0 Å². The average Bonchev–Trinajstić information content (AvgIpc) is 2.41. The van der Waals surface area contributed by atoms with Crippen LogP contribution in [0.15, 0.2) is 46.9 Å². The number of aromatic hydroxyl groups is 2. The summed E-state index contributed by atoms with van der Waals surface area (Å²) in [7, 11) is 0. The number of hydrogen-bond acceptors (Lipinski definition) is 3. The highest BCUT2D eigenvalue weighted by molar-refractivity contribution is 9.10. The zero-order chi connectivity index (χ0) is 13.7. The topological polar surface area (TPSA) is 52.5 Å². The van der Waals surface area contributed by atoms with Crippen LogP contribution in [0.2, 0.25) is 0 Å². The molecule has 0 radical (unpaired) electrons. The van der Waals surface area contributed by atoms with Crippen LogP contribution in [-0.4, -0.2) is 16.8 Å². The van der Waals surface area contributed by atoms with Crippen molar-refractivity contribution in [2.75, 3.05) is 6.54 Å². The first kappa shape index (κ1) is 13.9. The lowest BCUT2D eigenvalue weighted by Crippen LogP contribution is -2.16. The van der Waals surface area contributed by atoms with Crippen molar-refractivity contribution in [2.24, 2.45) is 0 Å². The van der Waals surface area contributed by atoms with Crippen LogP contribution in [0.5, 0.6) is 11.5 Å². The molecule has 3 N–H and O–H groups in total. The molecule has 0 fully saturated rings. The second-order valence-electron chi connectivity index (χ2n) is 4.38. The van der Waals surface area contributed by atoms with Gasteiger partial charge in [-0.05, 0) is 64.3 Å². The Morgan fingerprint density at radius 1 is 0.947 bits per heavy atom. The number of hydrogen-bond donors (Lipinski definition) is 3. The van der Waals surface area contributed by atoms with Crippen molar-refractivity contribution in [1.82, 2.24) is 5.32 Å². The van der Waals surface area contributed by atoms with Crippen molar-refractivity contribution in [3.63, 3.8) is 0 Å². The minimum Gasteiger partial charge on any atom is -0.508 e. The normalized spacial score (nSPS) is 10.6. The first-order valence-electron chi connectivity index (χ1n) is 6.11. The van der Waals surface area contributed by atoms with Gasteiger partial charge in [0.05, 0.1) is 4.47 Å². The molecule has 100 valence electrons. The van der Waals surface area contributed by atoms with E-state index in [2.05, 4.69) is 21.2 Å². The number of rotatable bonds is 5. The van der Waals surface area contributed by atoms with E-state index in [1.165, 1.54) is 5.56 Å². The Kier molecular flexibility index (Phi) is 4.82. The lowest BCUT2D eigenvalue weighted by atomic mass is 10.1. The summed E-state index contributed by atoms with van der Waals surface area (Å²) >= 11 is 3.30. The molecule has 2 aromatic carbocycles. The van der Waals surface area contributed by atoms with Crippen LogP contribution in [0.25, 0.3) is 0 Å². The van der Waals surface area contributed by atoms with E-state index in [0.29, 0.717) is 10.2 Å². The molecular weight excluding hydrogens is 306 g/mol. The molecule has 4 heteroatoms. The highest BCUT2D eigenvalue weighted by Crippen LogP contribution is 2.24. The molecule has 2 aromatic rings. The Bertz CT molecular complexity index is 540. The standard InChI is InChI=1S/C15H16BrNO2/c16-14-9-12(3-6-15(14)19)10-17-8-7-11-1-4-13(18)5-2-11/h1-6,9,17-19H,7-8,10H2. The maximum atomic E-state index is 9.40. The zero-order valence-electron chi connectivity index (χ0n) is 10.4. The average molecular weight is 322 g/mol. The number of halogens is 1. The van der Waals surface area contributed by atoms with Crippen molar-refractivity contribution < 1.29 is 10.2 Å². The van der Waals surface area contributed by atoms with E-state index in [9.17, 15) is 10.2 Å². The molecule has 0 aliphatic rings. The molecule has 2 rings (SSSR count). The van der Waals surface area contributed by atoms with Gasteiger partial charge in [0.15, 0.2) is 0 Å². The Balaban J connectivity index is 1.77. The fourth-order valence-electron chi connectivity index (χ4n) is 1.79. The first-order chi connectivity index (χ1) is 9.15. The van der Waals surface area contributed by atoms with Crippen LogP contribution in [0.1, 0.15) is 11.1 Å². The Hall–Kier alpha value is -1.52. The Labute approximate surface area is 121 Å². The summed E-state index contributed by atoms with van der Waals surface area (Å²) in [6.07, 6.45) is 0.916. The molecule has 19 heavy (non-hydrogen) atoms. The molecule has 0 aliphatic carbocycles. The van der Waals surface area contributed by atoms with Gasteiger partial charge < -0.3 is 15.5 Å². The highest BCUT2D eigenvalue weighted by Gasteiger charge is 1.99. The molecule has 0 aromatic heterocycles. The van der Waals surface area contributed by atoms with E-state index in [-0.39, 0.29) is 5.75 Å². The van der Waals surface area contributed by atoms with Gasteiger partial charge >= 0.3 is 0 Å². The highest BCUT2D eigenvalue weighted by atomic mass is 79.9. The summed E-state index contributed by atoms with van der Waals surface area (Å²) in [5.74, 6) is 0.554. The van der Waals surface area contributed by atoms with Gasteiger partial charge in [0.25, 0.3) is 0 Å². The Morgan fingerprint density at radius 2 is 1.63 bits per heavy atom. The van der Waals surface area contributed by atoms with Gasteiger partial charge in [-0.2, -0.15) is 0 Å². The van der Waals surface area contributed by atoms with E-state index in [1.807, 2.05) is 24.3 Å². The van der Waals surface area contributed by atoms with E-state index in [4.69, 9.17) is 0 Å². The fraction of sp³-hybridized carbons (Fsp3) is 0.200. The van der Waals surface area contributed by atoms with Crippen LogP contribution < -0.4 is 5.32 Å². The van der Waals surface area contributed by atoms with Crippen molar-refractivity contribution in [1.29, 1.82) is 0 Å². The molecule has 0 unspecified atom stereocenters. The summed E-state index contributed by atoms with van der Waals surface area (Å²) in [6, 6.07) is 12.7. The largest absolute Gasteiger partial charge is 0.508 e. The molecule has 3 nitrogen and oxygen atoms in total. The molecular formula is C15H16BrNO2. The van der Waals surface area contributed by atoms with Gasteiger partial charge in [0.1, 0.15) is 11.5 Å². The summed E-state index contributed by atoms with van der Waals surface area (Å²) in [5, 5.41) is 21.9. The predicted octanol–water partition coefficient (Wildman–Crippen LogP) is 3.19. The molecule has 0 bridgehead atoms. The third-order valence-corrected chi connectivity index (χ3v) is 3.50. The lowest BCUT2D eigenvalue weighted by Gasteiger charge is -2.06. The molecule has 0 spiro atoms. The summed E-state index contributed by atoms with van der Waals surface area (Å²) in [6.45, 7) is 1.63. The van der Waals surface area contributed by atoms with Gasteiger partial charge in [-0.1, -0.05) is 18.2 Å². The maximum Gasteiger partial charge on any atom is 0.129 e. The monoisotopic (exact) mass is 321 g/mol. The van der Waals surface area contributed by atoms with Gasteiger partial charge in [-0.25, -0.2) is 0 Å². The molecule has 0 heterocycles. The van der Waals surface area contributed by atoms with Crippen molar-refractivity contribution in [3.05, 3.63) is 58.1 Å². The number of phenols is 2.